The van der Waals surface area contributed by atoms with Crippen molar-refractivity contribution in [3.8, 4) is 0 Å². The maximum absolute atomic E-state index is 13.0. The van der Waals surface area contributed by atoms with Crippen LogP contribution in [0.2, 0.25) is 0 Å². The fraction of sp³-hybridized carbons (Fsp3) is 0.143. The van der Waals surface area contributed by atoms with Crippen molar-refractivity contribution in [2.45, 2.75) is 6.04 Å². The van der Waals surface area contributed by atoms with Gasteiger partial charge >= 0.3 is 5.97 Å². The second kappa shape index (κ2) is 3.97. The number of hydrogen-bond acceptors (Lipinski definition) is 3. The van der Waals surface area contributed by atoms with Crippen molar-refractivity contribution >= 4 is 28.6 Å². The van der Waals surface area contributed by atoms with E-state index in [9.17, 15) is 9.18 Å². The topological polar surface area (TPSA) is 76.2 Å². The molecule has 0 fully saturated rings. The maximum Gasteiger partial charge on any atom is 0.325 e. The fourth-order valence-corrected chi connectivity index (χ4v) is 1.55. The summed E-state index contributed by atoms with van der Waals surface area (Å²) >= 11 is 1.81. The molecule has 1 heterocycles. The molecule has 0 unspecified atom stereocenters. The van der Waals surface area contributed by atoms with Crippen LogP contribution in [0, 0.1) is 9.52 Å². The number of carbonyl (C=O) groups is 1. The van der Waals surface area contributed by atoms with Crippen LogP contribution in [-0.4, -0.2) is 16.1 Å². The summed E-state index contributed by atoms with van der Waals surface area (Å²) in [5.74, 6) is -2.10. The Morgan fingerprint density at radius 3 is 2.85 bits per heavy atom. The van der Waals surface area contributed by atoms with Crippen molar-refractivity contribution in [2.75, 3.05) is 0 Å². The second-order valence-corrected chi connectivity index (χ2v) is 3.48. The molecular formula is C7H6FIN2O2. The van der Waals surface area contributed by atoms with Crippen LogP contribution in [0.5, 0.6) is 0 Å². The Morgan fingerprint density at radius 2 is 2.38 bits per heavy atom. The number of rotatable bonds is 2. The average Bonchev–Trinajstić information content (AvgIpc) is 2.03. The van der Waals surface area contributed by atoms with Gasteiger partial charge in [-0.05, 0) is 28.7 Å². The van der Waals surface area contributed by atoms with Gasteiger partial charge in [0.15, 0.2) is 0 Å². The number of hydrogen-bond donors (Lipinski definition) is 2. The summed E-state index contributed by atoms with van der Waals surface area (Å²) in [7, 11) is 0. The highest BCUT2D eigenvalue weighted by Crippen LogP contribution is 2.19. The largest absolute Gasteiger partial charge is 0.480 e. The van der Waals surface area contributed by atoms with E-state index in [1.54, 1.807) is 0 Å². The predicted molar refractivity (Wildman–Crippen MR) is 51.5 cm³/mol. The van der Waals surface area contributed by atoms with E-state index in [-0.39, 0.29) is 5.56 Å². The molecule has 0 radical (unpaired) electrons. The van der Waals surface area contributed by atoms with Crippen LogP contribution in [-0.2, 0) is 4.79 Å². The smallest absolute Gasteiger partial charge is 0.325 e. The summed E-state index contributed by atoms with van der Waals surface area (Å²) in [6.45, 7) is 0. The highest BCUT2D eigenvalue weighted by molar-refractivity contribution is 14.1. The molecule has 13 heavy (non-hydrogen) atoms. The molecule has 0 bridgehead atoms. The second-order valence-electron chi connectivity index (χ2n) is 2.31. The van der Waals surface area contributed by atoms with Crippen LogP contribution in [0.25, 0.3) is 0 Å². The number of carboxylic acid groups (broad SMARTS) is 1. The monoisotopic (exact) mass is 296 g/mol. The lowest BCUT2D eigenvalue weighted by molar-refractivity contribution is -0.138. The van der Waals surface area contributed by atoms with Crippen LogP contribution in [0.1, 0.15) is 11.6 Å². The number of halogens is 2. The van der Waals surface area contributed by atoms with E-state index in [1.165, 1.54) is 12.3 Å². The third kappa shape index (κ3) is 2.13. The van der Waals surface area contributed by atoms with E-state index in [4.69, 9.17) is 10.8 Å². The zero-order chi connectivity index (χ0) is 10.0. The third-order valence-corrected chi connectivity index (χ3v) is 2.41. The summed E-state index contributed by atoms with van der Waals surface area (Å²) < 4.78 is 13.5. The normalized spacial score (nSPS) is 12.5. The first kappa shape index (κ1) is 10.3. The van der Waals surface area contributed by atoms with Crippen molar-refractivity contribution < 1.29 is 14.3 Å². The molecule has 0 aromatic carbocycles. The van der Waals surface area contributed by atoms with E-state index in [2.05, 4.69) is 4.98 Å². The molecule has 70 valence electrons. The van der Waals surface area contributed by atoms with Crippen LogP contribution < -0.4 is 5.73 Å². The van der Waals surface area contributed by atoms with Crippen molar-refractivity contribution in [2.24, 2.45) is 5.73 Å². The molecule has 0 aliphatic rings. The van der Waals surface area contributed by atoms with Crippen molar-refractivity contribution in [3.05, 3.63) is 27.3 Å². The summed E-state index contributed by atoms with van der Waals surface area (Å²) in [5, 5.41) is 8.56. The first-order chi connectivity index (χ1) is 6.04. The molecule has 0 amide bonds. The number of nitrogens with two attached hydrogens (primary N) is 1. The molecule has 1 aromatic heterocycles. The lowest BCUT2D eigenvalue weighted by Crippen LogP contribution is -2.23. The minimum absolute atomic E-state index is 0.0735. The maximum atomic E-state index is 13.0. The molecule has 4 nitrogen and oxygen atoms in total. The zero-order valence-corrected chi connectivity index (χ0v) is 8.53. The Morgan fingerprint density at radius 1 is 1.77 bits per heavy atom. The van der Waals surface area contributed by atoms with Crippen LogP contribution in [0.15, 0.2) is 12.3 Å². The summed E-state index contributed by atoms with van der Waals surface area (Å²) in [6.07, 6.45) is 1.26. The minimum Gasteiger partial charge on any atom is -0.480 e. The Kier molecular flexibility index (Phi) is 3.15. The van der Waals surface area contributed by atoms with Gasteiger partial charge in [-0.3, -0.25) is 4.79 Å². The van der Waals surface area contributed by atoms with E-state index in [0.717, 1.165) is 0 Å². The average molecular weight is 296 g/mol. The van der Waals surface area contributed by atoms with Gasteiger partial charge in [-0.15, -0.1) is 0 Å². The molecule has 1 rings (SSSR count). The highest BCUT2D eigenvalue weighted by atomic mass is 127. The lowest BCUT2D eigenvalue weighted by atomic mass is 10.1. The number of pyridine rings is 1. The summed E-state index contributed by atoms with van der Waals surface area (Å²) in [4.78, 5) is 13.8. The van der Waals surface area contributed by atoms with Gasteiger partial charge in [0, 0.05) is 15.3 Å². The van der Waals surface area contributed by atoms with Gasteiger partial charge in [-0.1, -0.05) is 0 Å². The first-order valence-electron chi connectivity index (χ1n) is 3.32. The minimum atomic E-state index is -1.36. The zero-order valence-electron chi connectivity index (χ0n) is 6.37. The molecule has 0 aliphatic carbocycles. The molecule has 1 atom stereocenters. The van der Waals surface area contributed by atoms with Gasteiger partial charge < -0.3 is 10.8 Å². The molecule has 0 saturated heterocycles. The Labute approximate surface area is 87.1 Å². The number of aromatic nitrogens is 1. The number of carboxylic acids is 1. The molecule has 0 aliphatic heterocycles. The van der Waals surface area contributed by atoms with Gasteiger partial charge in [-0.2, -0.15) is 4.39 Å². The van der Waals surface area contributed by atoms with Gasteiger partial charge in [0.1, 0.15) is 6.04 Å². The standard InChI is InChI=1S/C7H6FIN2O2/c8-6-4(5(10)7(12)13)3(9)1-2-11-6/h1-2,5H,10H2,(H,12,13)/t5-/m1/s1. The molecular weight excluding hydrogens is 290 g/mol. The van der Waals surface area contributed by atoms with Gasteiger partial charge in [-0.25, -0.2) is 4.98 Å². The molecule has 0 saturated carbocycles. The lowest BCUT2D eigenvalue weighted by Gasteiger charge is -2.08. The Bertz CT molecular complexity index is 325. The number of aliphatic carboxylic acids is 1. The quantitative estimate of drug-likeness (QED) is 0.628. The first-order valence-corrected chi connectivity index (χ1v) is 4.40. The third-order valence-electron chi connectivity index (χ3n) is 1.47. The van der Waals surface area contributed by atoms with Gasteiger partial charge in [0.05, 0.1) is 0 Å². The Hall–Kier alpha value is -0.760. The van der Waals surface area contributed by atoms with Gasteiger partial charge in [0.2, 0.25) is 5.95 Å². The van der Waals surface area contributed by atoms with Crippen molar-refractivity contribution in [1.82, 2.24) is 4.98 Å². The van der Waals surface area contributed by atoms with Crippen LogP contribution in [0.4, 0.5) is 4.39 Å². The summed E-state index contributed by atoms with van der Waals surface area (Å²) in [5.41, 5.74) is 5.18. The van der Waals surface area contributed by atoms with Crippen molar-refractivity contribution in [3.63, 3.8) is 0 Å². The molecule has 6 heteroatoms. The van der Waals surface area contributed by atoms with Crippen molar-refractivity contribution in [1.29, 1.82) is 0 Å². The summed E-state index contributed by atoms with van der Waals surface area (Å²) in [6, 6.07) is 0.141. The van der Waals surface area contributed by atoms with E-state index in [0.29, 0.717) is 3.57 Å². The van der Waals surface area contributed by atoms with Crippen LogP contribution >= 0.6 is 22.6 Å². The van der Waals surface area contributed by atoms with Gasteiger partial charge in [0.25, 0.3) is 0 Å². The van der Waals surface area contributed by atoms with E-state index < -0.39 is 18.0 Å². The molecule has 3 N–H and O–H groups in total. The number of nitrogens with zero attached hydrogens (tertiary/aromatic N) is 1. The Balaban J connectivity index is 3.20. The molecule has 1 aromatic rings. The van der Waals surface area contributed by atoms with E-state index >= 15 is 0 Å². The SMILES string of the molecule is N[C@@H](C(=O)O)c1c(I)ccnc1F. The molecule has 0 spiro atoms. The van der Waals surface area contributed by atoms with E-state index in [1.807, 2.05) is 22.6 Å². The predicted octanol–water partition coefficient (Wildman–Crippen LogP) is 0.910. The van der Waals surface area contributed by atoms with Crippen LogP contribution in [0.3, 0.4) is 0 Å². The highest BCUT2D eigenvalue weighted by Gasteiger charge is 2.21. The fourth-order valence-electron chi connectivity index (χ4n) is 0.826.